The van der Waals surface area contributed by atoms with Gasteiger partial charge in [-0.25, -0.2) is 4.79 Å². The van der Waals surface area contributed by atoms with E-state index in [0.29, 0.717) is 37.2 Å². The van der Waals surface area contributed by atoms with Gasteiger partial charge in [0, 0.05) is 32.1 Å². The maximum absolute atomic E-state index is 13.5. The lowest BCUT2D eigenvalue weighted by Gasteiger charge is -2.35. The number of anilines is 1. The fourth-order valence-electron chi connectivity index (χ4n) is 4.81. The van der Waals surface area contributed by atoms with Crippen LogP contribution in [0.3, 0.4) is 0 Å². The lowest BCUT2D eigenvalue weighted by molar-refractivity contribution is -0.137. The molecule has 2 aliphatic heterocycles. The molecular formula is C27H35N3O4. The minimum Gasteiger partial charge on any atom is -0.444 e. The van der Waals surface area contributed by atoms with Crippen LogP contribution in [0.4, 0.5) is 10.5 Å². The molecule has 0 atom stereocenters. The minimum absolute atomic E-state index is 0.0156. The number of amides is 3. The summed E-state index contributed by atoms with van der Waals surface area (Å²) in [7, 11) is 0. The van der Waals surface area contributed by atoms with Gasteiger partial charge in [-0.1, -0.05) is 24.3 Å². The van der Waals surface area contributed by atoms with Gasteiger partial charge in [0.25, 0.3) is 5.91 Å². The normalized spacial score (nSPS) is 17.5. The summed E-state index contributed by atoms with van der Waals surface area (Å²) in [6.07, 6.45) is 4.11. The molecule has 3 amide bonds. The van der Waals surface area contributed by atoms with E-state index in [4.69, 9.17) is 4.74 Å². The van der Waals surface area contributed by atoms with E-state index >= 15 is 0 Å². The molecule has 34 heavy (non-hydrogen) atoms. The van der Waals surface area contributed by atoms with E-state index in [1.54, 1.807) is 25.7 Å². The molecule has 1 N–H and O–H groups in total. The highest BCUT2D eigenvalue weighted by atomic mass is 16.6. The molecule has 0 aliphatic carbocycles. The predicted molar refractivity (Wildman–Crippen MR) is 133 cm³/mol. The lowest BCUT2D eigenvalue weighted by Crippen LogP contribution is -2.45. The van der Waals surface area contributed by atoms with Crippen LogP contribution >= 0.6 is 0 Å². The maximum Gasteiger partial charge on any atom is 0.412 e. The summed E-state index contributed by atoms with van der Waals surface area (Å²) in [5.41, 5.74) is 0.225. The zero-order chi connectivity index (χ0) is 24.3. The number of carbonyl (C=O) groups is 3. The van der Waals surface area contributed by atoms with Crippen molar-refractivity contribution in [2.24, 2.45) is 5.92 Å². The van der Waals surface area contributed by atoms with E-state index in [9.17, 15) is 14.4 Å². The predicted octanol–water partition coefficient (Wildman–Crippen LogP) is 5.05. The first-order chi connectivity index (χ1) is 16.2. The lowest BCUT2D eigenvalue weighted by atomic mass is 9.93. The average Bonchev–Trinajstić information content (AvgIpc) is 2.82. The summed E-state index contributed by atoms with van der Waals surface area (Å²) in [5.74, 6) is 0.0866. The fourth-order valence-corrected chi connectivity index (χ4v) is 4.81. The Labute approximate surface area is 201 Å². The molecule has 0 unspecified atom stereocenters. The van der Waals surface area contributed by atoms with Gasteiger partial charge < -0.3 is 14.5 Å². The molecule has 2 saturated heterocycles. The van der Waals surface area contributed by atoms with Gasteiger partial charge in [-0.3, -0.25) is 14.9 Å². The number of hydrogen-bond acceptors (Lipinski definition) is 4. The van der Waals surface area contributed by atoms with Gasteiger partial charge in [-0.2, -0.15) is 0 Å². The van der Waals surface area contributed by atoms with Crippen LogP contribution in [0, 0.1) is 5.92 Å². The SMILES string of the molecule is CC(C)(C)OC(=O)Nc1cc2ccccc2cc1C(=O)N1CCC(C(=O)N2CCCCC2)CC1. The van der Waals surface area contributed by atoms with Crippen molar-refractivity contribution in [1.29, 1.82) is 0 Å². The number of rotatable bonds is 3. The quantitative estimate of drug-likeness (QED) is 0.688. The second-order valence-electron chi connectivity index (χ2n) is 10.3. The number of benzene rings is 2. The first-order valence-electron chi connectivity index (χ1n) is 12.3. The molecule has 4 rings (SSSR count). The second-order valence-corrected chi connectivity index (χ2v) is 10.3. The zero-order valence-electron chi connectivity index (χ0n) is 20.4. The smallest absolute Gasteiger partial charge is 0.412 e. The Kier molecular flexibility index (Phi) is 7.10. The fraction of sp³-hybridized carbons (Fsp3) is 0.519. The number of nitrogens with one attached hydrogen (secondary N) is 1. The molecule has 2 fully saturated rings. The van der Waals surface area contributed by atoms with Crippen molar-refractivity contribution in [3.63, 3.8) is 0 Å². The molecule has 0 radical (unpaired) electrons. The van der Waals surface area contributed by atoms with E-state index in [1.807, 2.05) is 41.3 Å². The van der Waals surface area contributed by atoms with E-state index in [2.05, 4.69) is 5.32 Å². The molecule has 0 spiro atoms. The number of fused-ring (bicyclic) bond motifs is 1. The standard InChI is InChI=1S/C27H35N3O4/c1-27(2,3)34-26(33)28-23-18-21-10-6-5-9-20(21)17-22(23)25(32)30-15-11-19(12-16-30)24(31)29-13-7-4-8-14-29/h5-6,9-10,17-19H,4,7-8,11-16H2,1-3H3,(H,28,33). The summed E-state index contributed by atoms with van der Waals surface area (Å²) >= 11 is 0. The third kappa shape index (κ3) is 5.69. The van der Waals surface area contributed by atoms with Crippen LogP contribution in [-0.4, -0.2) is 59.5 Å². The number of nitrogens with zero attached hydrogens (tertiary/aromatic N) is 2. The monoisotopic (exact) mass is 465 g/mol. The third-order valence-corrected chi connectivity index (χ3v) is 6.55. The van der Waals surface area contributed by atoms with Crippen LogP contribution in [0.25, 0.3) is 10.8 Å². The van der Waals surface area contributed by atoms with Gasteiger partial charge in [0.15, 0.2) is 0 Å². The van der Waals surface area contributed by atoms with Crippen LogP contribution in [-0.2, 0) is 9.53 Å². The Morgan fingerprint density at radius 2 is 1.50 bits per heavy atom. The van der Waals surface area contributed by atoms with Crippen molar-refractivity contribution < 1.29 is 19.1 Å². The van der Waals surface area contributed by atoms with E-state index in [1.165, 1.54) is 6.42 Å². The van der Waals surface area contributed by atoms with E-state index in [-0.39, 0.29) is 17.7 Å². The molecule has 7 nitrogen and oxygen atoms in total. The molecule has 2 aromatic carbocycles. The topological polar surface area (TPSA) is 79.0 Å². The molecule has 0 bridgehead atoms. The molecule has 0 aromatic heterocycles. The summed E-state index contributed by atoms with van der Waals surface area (Å²) in [4.78, 5) is 42.7. The van der Waals surface area contributed by atoms with Gasteiger partial charge in [0.1, 0.15) is 5.60 Å². The van der Waals surface area contributed by atoms with Crippen molar-refractivity contribution in [1.82, 2.24) is 9.80 Å². The van der Waals surface area contributed by atoms with Crippen LogP contribution in [0.1, 0.15) is 63.2 Å². The Bertz CT molecular complexity index is 1060. The molecule has 2 aliphatic rings. The molecule has 0 saturated carbocycles. The summed E-state index contributed by atoms with van der Waals surface area (Å²) in [5, 5.41) is 4.63. The van der Waals surface area contributed by atoms with Crippen molar-refractivity contribution in [3.8, 4) is 0 Å². The Hall–Kier alpha value is -3.09. The molecule has 2 heterocycles. The minimum atomic E-state index is -0.645. The molecule has 2 aromatic rings. The highest BCUT2D eigenvalue weighted by Crippen LogP contribution is 2.29. The highest BCUT2D eigenvalue weighted by molar-refractivity contribution is 6.07. The van der Waals surface area contributed by atoms with Gasteiger partial charge in [-0.15, -0.1) is 0 Å². The highest BCUT2D eigenvalue weighted by Gasteiger charge is 2.32. The first kappa shape index (κ1) is 24.0. The zero-order valence-corrected chi connectivity index (χ0v) is 20.4. The van der Waals surface area contributed by atoms with Gasteiger partial charge >= 0.3 is 6.09 Å². The van der Waals surface area contributed by atoms with Gasteiger partial charge in [-0.05, 0) is 75.8 Å². The summed E-state index contributed by atoms with van der Waals surface area (Å²) in [6.45, 7) is 8.17. The third-order valence-electron chi connectivity index (χ3n) is 6.55. The van der Waals surface area contributed by atoms with Gasteiger partial charge in [0.2, 0.25) is 5.91 Å². The molecule has 7 heteroatoms. The van der Waals surface area contributed by atoms with Crippen LogP contribution < -0.4 is 5.32 Å². The number of piperidine rings is 2. The van der Waals surface area contributed by atoms with Crippen LogP contribution in [0.5, 0.6) is 0 Å². The second kappa shape index (κ2) is 10.0. The van der Waals surface area contributed by atoms with E-state index < -0.39 is 11.7 Å². The van der Waals surface area contributed by atoms with Crippen molar-refractivity contribution >= 4 is 34.4 Å². The Morgan fingerprint density at radius 1 is 0.882 bits per heavy atom. The van der Waals surface area contributed by atoms with Crippen LogP contribution in [0.15, 0.2) is 36.4 Å². The largest absolute Gasteiger partial charge is 0.444 e. The summed E-state index contributed by atoms with van der Waals surface area (Å²) < 4.78 is 5.41. The van der Waals surface area contributed by atoms with Crippen molar-refractivity contribution in [2.75, 3.05) is 31.5 Å². The number of likely N-dealkylation sites (tertiary alicyclic amines) is 2. The molecular weight excluding hydrogens is 430 g/mol. The number of ether oxygens (including phenoxy) is 1. The van der Waals surface area contributed by atoms with Crippen molar-refractivity contribution in [2.45, 2.75) is 58.5 Å². The average molecular weight is 466 g/mol. The Morgan fingerprint density at radius 3 is 2.12 bits per heavy atom. The first-order valence-corrected chi connectivity index (χ1v) is 12.3. The van der Waals surface area contributed by atoms with E-state index in [0.717, 1.165) is 36.7 Å². The molecule has 182 valence electrons. The van der Waals surface area contributed by atoms with Gasteiger partial charge in [0.05, 0.1) is 11.3 Å². The van der Waals surface area contributed by atoms with Crippen molar-refractivity contribution in [3.05, 3.63) is 42.0 Å². The summed E-state index contributed by atoms with van der Waals surface area (Å²) in [6, 6.07) is 11.4. The maximum atomic E-state index is 13.5. The number of hydrogen-bond donors (Lipinski definition) is 1. The number of carbonyl (C=O) groups excluding carboxylic acids is 3. The Balaban J connectivity index is 1.50. The van der Waals surface area contributed by atoms with Crippen LogP contribution in [0.2, 0.25) is 0 Å².